The third-order valence-corrected chi connectivity index (χ3v) is 6.90. The van der Waals surface area contributed by atoms with Crippen LogP contribution in [-0.4, -0.2) is 122 Å². The lowest BCUT2D eigenvalue weighted by Gasteiger charge is -2.47. The third-order valence-electron chi connectivity index (χ3n) is 6.38. The Kier molecular flexibility index (Phi) is 14.0. The predicted molar refractivity (Wildman–Crippen MR) is 128 cm³/mol. The second-order valence-electron chi connectivity index (χ2n) is 9.45. The van der Waals surface area contributed by atoms with Crippen LogP contribution in [0.1, 0.15) is 52.4 Å². The van der Waals surface area contributed by atoms with E-state index in [-0.39, 0.29) is 6.61 Å². The Morgan fingerprint density at radius 1 is 0.868 bits per heavy atom. The van der Waals surface area contributed by atoms with Crippen LogP contribution in [0, 0.1) is 0 Å². The van der Waals surface area contributed by atoms with Crippen LogP contribution in [0.5, 0.6) is 0 Å². The summed E-state index contributed by atoms with van der Waals surface area (Å²) >= 11 is 0. The molecule has 2 saturated heterocycles. The van der Waals surface area contributed by atoms with Gasteiger partial charge >= 0.3 is 7.82 Å². The number of amides is 1. The van der Waals surface area contributed by atoms with Gasteiger partial charge in [-0.3, -0.25) is 9.32 Å². The molecule has 15 nitrogen and oxygen atoms in total. The molecule has 2 heterocycles. The minimum absolute atomic E-state index is 0.259. The van der Waals surface area contributed by atoms with E-state index < -0.39 is 88.3 Å². The second-order valence-corrected chi connectivity index (χ2v) is 10.6. The molecular weight excluding hydrogens is 533 g/mol. The fourth-order valence-electron chi connectivity index (χ4n) is 4.44. The quantitative estimate of drug-likeness (QED) is 0.0799. The first-order valence-electron chi connectivity index (χ1n) is 12.8. The molecule has 38 heavy (non-hydrogen) atoms. The number of hydrogen-bond acceptors (Lipinski definition) is 12. The number of aliphatic hydroxyl groups is 5. The molecular formula is C22H42NO14P. The summed E-state index contributed by atoms with van der Waals surface area (Å²) in [6.45, 7) is 2.10. The Morgan fingerprint density at radius 3 is 2.05 bits per heavy atom. The molecule has 2 aliphatic rings. The number of unbranched alkanes of at least 4 members (excludes halogenated alkanes) is 5. The molecule has 8 N–H and O–H groups in total. The number of hydrogen-bond donors (Lipinski definition) is 8. The van der Waals surface area contributed by atoms with Gasteiger partial charge in [-0.25, -0.2) is 4.57 Å². The number of aliphatic hydroxyl groups excluding tert-OH is 5. The van der Waals surface area contributed by atoms with Gasteiger partial charge in [0.2, 0.25) is 5.91 Å². The van der Waals surface area contributed by atoms with Gasteiger partial charge < -0.3 is 59.6 Å². The number of nitrogens with one attached hydrogen (secondary N) is 1. The second kappa shape index (κ2) is 15.9. The van der Waals surface area contributed by atoms with Crippen molar-refractivity contribution < 1.29 is 68.2 Å². The van der Waals surface area contributed by atoms with Crippen LogP contribution in [0.2, 0.25) is 0 Å². The first-order valence-corrected chi connectivity index (χ1v) is 14.3. The number of phosphoric ester groups is 1. The minimum atomic E-state index is -5.23. The zero-order valence-corrected chi connectivity index (χ0v) is 22.5. The number of carbonyl (C=O) groups is 1. The van der Waals surface area contributed by atoms with E-state index in [1.807, 2.05) is 0 Å². The highest BCUT2D eigenvalue weighted by Crippen LogP contribution is 2.42. The van der Waals surface area contributed by atoms with Gasteiger partial charge in [0.05, 0.1) is 13.2 Å². The fourth-order valence-corrected chi connectivity index (χ4v) is 4.98. The highest BCUT2D eigenvalue weighted by molar-refractivity contribution is 7.46. The van der Waals surface area contributed by atoms with Gasteiger partial charge in [-0.15, -0.1) is 0 Å². The van der Waals surface area contributed by atoms with Gasteiger partial charge in [0.25, 0.3) is 0 Å². The fraction of sp³-hybridized carbons (Fsp3) is 0.955. The number of carbonyl (C=O) groups excluding carboxylic acids is 1. The molecule has 0 aliphatic carbocycles. The molecule has 1 amide bonds. The van der Waals surface area contributed by atoms with Crippen LogP contribution >= 0.6 is 7.82 Å². The maximum atomic E-state index is 11.9. The lowest BCUT2D eigenvalue weighted by atomic mass is 9.95. The van der Waals surface area contributed by atoms with E-state index in [9.17, 15) is 44.7 Å². The van der Waals surface area contributed by atoms with E-state index >= 15 is 0 Å². The Morgan fingerprint density at radius 2 is 1.47 bits per heavy atom. The van der Waals surface area contributed by atoms with Crippen molar-refractivity contribution in [3.05, 3.63) is 0 Å². The summed E-state index contributed by atoms with van der Waals surface area (Å²) in [5, 5.41) is 53.6. The van der Waals surface area contributed by atoms with Gasteiger partial charge in [-0.05, 0) is 6.42 Å². The van der Waals surface area contributed by atoms with Crippen LogP contribution in [0.3, 0.4) is 0 Å². The largest absolute Gasteiger partial charge is 0.470 e. The first kappa shape index (κ1) is 33.4. The average Bonchev–Trinajstić information content (AvgIpc) is 2.85. The van der Waals surface area contributed by atoms with E-state index in [2.05, 4.69) is 16.8 Å². The first-order chi connectivity index (χ1) is 17.9. The third kappa shape index (κ3) is 9.70. The van der Waals surface area contributed by atoms with Gasteiger partial charge in [0.15, 0.2) is 12.6 Å². The highest BCUT2D eigenvalue weighted by atomic mass is 31.2. The van der Waals surface area contributed by atoms with Crippen molar-refractivity contribution in [3.63, 3.8) is 0 Å². The van der Waals surface area contributed by atoms with E-state index in [0.717, 1.165) is 32.1 Å². The molecule has 224 valence electrons. The topological polar surface area (TPSA) is 234 Å². The van der Waals surface area contributed by atoms with Crippen molar-refractivity contribution in [2.75, 3.05) is 19.8 Å². The van der Waals surface area contributed by atoms with Crippen molar-refractivity contribution in [1.29, 1.82) is 0 Å². The summed E-state index contributed by atoms with van der Waals surface area (Å²) in [5.74, 6) is -0.525. The maximum Gasteiger partial charge on any atom is 0.470 e. The van der Waals surface area contributed by atoms with E-state index in [0.29, 0.717) is 6.42 Å². The van der Waals surface area contributed by atoms with Crippen LogP contribution < -0.4 is 5.32 Å². The maximum absolute atomic E-state index is 11.9. The number of rotatable bonds is 15. The molecule has 2 fully saturated rings. The molecule has 0 saturated carbocycles. The highest BCUT2D eigenvalue weighted by Gasteiger charge is 2.53. The van der Waals surface area contributed by atoms with E-state index in [1.165, 1.54) is 6.92 Å². The van der Waals surface area contributed by atoms with Gasteiger partial charge in [0.1, 0.15) is 48.8 Å². The summed E-state index contributed by atoms with van der Waals surface area (Å²) in [6.07, 6.45) is -8.46. The van der Waals surface area contributed by atoms with Gasteiger partial charge in [0, 0.05) is 13.5 Å². The van der Waals surface area contributed by atoms with Crippen LogP contribution in [-0.2, 0) is 32.8 Å². The number of ether oxygens (including phenoxy) is 4. The monoisotopic (exact) mass is 575 g/mol. The SMILES string of the molecule is CCCCCCCCO[C@@H]1O[C@H](CO)[C@@H](O[C@@H]2O[C@H](CO)[C@H](O)[C@H](O)[C@H]2OP(=O)(O)O)[C@H](O)[C@H]1NC(C)=O. The molecule has 10 atom stereocenters. The van der Waals surface area contributed by atoms with Gasteiger partial charge in [-0.1, -0.05) is 39.0 Å². The molecule has 0 bridgehead atoms. The van der Waals surface area contributed by atoms with E-state index in [4.69, 9.17) is 18.9 Å². The van der Waals surface area contributed by atoms with Crippen molar-refractivity contribution in [2.24, 2.45) is 0 Å². The van der Waals surface area contributed by atoms with Crippen LogP contribution in [0.15, 0.2) is 0 Å². The van der Waals surface area contributed by atoms with E-state index in [1.54, 1.807) is 0 Å². The van der Waals surface area contributed by atoms with Crippen molar-refractivity contribution >= 4 is 13.7 Å². The van der Waals surface area contributed by atoms with Gasteiger partial charge in [-0.2, -0.15) is 0 Å². The van der Waals surface area contributed by atoms with Crippen LogP contribution in [0.4, 0.5) is 0 Å². The lowest BCUT2D eigenvalue weighted by Crippen LogP contribution is -2.67. The smallest absolute Gasteiger partial charge is 0.394 e. The van der Waals surface area contributed by atoms with Crippen molar-refractivity contribution in [3.8, 4) is 0 Å². The molecule has 2 aliphatic heterocycles. The van der Waals surface area contributed by atoms with Crippen LogP contribution in [0.25, 0.3) is 0 Å². The standard InChI is InChI=1S/C22H42NO14P/c1-3-4-5-6-7-8-9-33-21-15(23-12(2)26)17(28)19(14(11-25)35-21)36-22-20(37-38(30,31)32)18(29)16(27)13(10-24)34-22/h13-22,24-25,27-29H,3-11H2,1-2H3,(H,23,26)(H2,30,31,32)/t13-,14-,15-,16+,17-,18+,19-,20-,21-,22+/m1/s1. The molecule has 0 aromatic carbocycles. The molecule has 2 rings (SSSR count). The Balaban J connectivity index is 2.17. The summed E-state index contributed by atoms with van der Waals surface area (Å²) < 4.78 is 38.6. The predicted octanol–water partition coefficient (Wildman–Crippen LogP) is -1.75. The molecule has 0 radical (unpaired) electrons. The zero-order valence-electron chi connectivity index (χ0n) is 21.6. The summed E-state index contributed by atoms with van der Waals surface area (Å²) in [4.78, 5) is 30.4. The zero-order chi connectivity index (χ0) is 28.5. The molecule has 0 aromatic heterocycles. The average molecular weight is 576 g/mol. The summed E-state index contributed by atoms with van der Waals surface area (Å²) in [5.41, 5.74) is 0. The molecule has 0 aromatic rings. The molecule has 0 unspecified atom stereocenters. The lowest BCUT2D eigenvalue weighted by molar-refractivity contribution is -0.346. The Labute approximate surface area is 221 Å². The normalized spacial score (nSPS) is 36.2. The minimum Gasteiger partial charge on any atom is -0.394 e. The summed E-state index contributed by atoms with van der Waals surface area (Å²) in [6, 6.07) is -1.17. The molecule has 16 heteroatoms. The van der Waals surface area contributed by atoms with Crippen molar-refractivity contribution in [2.45, 2.75) is 114 Å². The molecule has 0 spiro atoms. The Bertz CT molecular complexity index is 756. The Hall–Kier alpha value is -0.780. The summed E-state index contributed by atoms with van der Waals surface area (Å²) in [7, 11) is -5.23. The number of phosphoric acid groups is 1. The van der Waals surface area contributed by atoms with Crippen molar-refractivity contribution in [1.82, 2.24) is 5.32 Å².